The number of ether oxygens (including phenoxy) is 2. The number of nitrogens with one attached hydrogen (secondary N) is 1. The second kappa shape index (κ2) is 10.5. The number of halogens is 2. The number of carbonyl (C=O) groups is 1. The molecule has 2 aromatic carbocycles. The number of alkyl halides is 2. The zero-order valence-electron chi connectivity index (χ0n) is 15.4. The number of hydrogen-bond donors (Lipinski definition) is 1. The number of methoxy groups -OCH3 is 1. The van der Waals surface area contributed by atoms with Crippen LogP contribution in [0.5, 0.6) is 5.75 Å². The fourth-order valence-electron chi connectivity index (χ4n) is 2.69. The van der Waals surface area contributed by atoms with Crippen molar-refractivity contribution in [2.45, 2.75) is 25.6 Å². The summed E-state index contributed by atoms with van der Waals surface area (Å²) in [6.45, 7) is -2.28. The normalized spacial score (nSPS) is 11.9. The predicted octanol–water partition coefficient (Wildman–Crippen LogP) is 3.69. The highest BCUT2D eigenvalue weighted by Crippen LogP contribution is 2.16. The number of rotatable bonds is 9. The van der Waals surface area contributed by atoms with Crippen LogP contribution in [0.25, 0.3) is 0 Å². The van der Waals surface area contributed by atoms with Crippen molar-refractivity contribution in [3.8, 4) is 5.75 Å². The van der Waals surface area contributed by atoms with Crippen LogP contribution < -0.4 is 10.1 Å². The van der Waals surface area contributed by atoms with Crippen LogP contribution in [0.1, 0.15) is 11.1 Å². The van der Waals surface area contributed by atoms with Crippen molar-refractivity contribution in [2.24, 2.45) is 0 Å². The van der Waals surface area contributed by atoms with Crippen LogP contribution in [0.15, 0.2) is 54.6 Å². The lowest BCUT2D eigenvalue weighted by Crippen LogP contribution is -2.46. The van der Waals surface area contributed by atoms with Crippen LogP contribution in [-0.4, -0.2) is 44.3 Å². The molecule has 0 saturated carbocycles. The van der Waals surface area contributed by atoms with Crippen LogP contribution in [-0.2, 0) is 17.7 Å². The SMILES string of the molecule is COCC(Cc1ccccc1)N(C)C(=O)NCc1cccc(OC(F)F)c1. The van der Waals surface area contributed by atoms with E-state index in [1.807, 2.05) is 30.3 Å². The van der Waals surface area contributed by atoms with Gasteiger partial charge in [0.05, 0.1) is 12.6 Å². The summed E-state index contributed by atoms with van der Waals surface area (Å²) >= 11 is 0. The molecule has 0 bridgehead atoms. The first-order valence-corrected chi connectivity index (χ1v) is 8.57. The molecule has 0 aromatic heterocycles. The predicted molar refractivity (Wildman–Crippen MR) is 98.9 cm³/mol. The van der Waals surface area contributed by atoms with Gasteiger partial charge in [0.15, 0.2) is 0 Å². The second-order valence-corrected chi connectivity index (χ2v) is 6.09. The second-order valence-electron chi connectivity index (χ2n) is 6.09. The molecular formula is C20H24F2N2O3. The highest BCUT2D eigenvalue weighted by atomic mass is 19.3. The van der Waals surface area contributed by atoms with E-state index in [4.69, 9.17) is 4.74 Å². The quantitative estimate of drug-likeness (QED) is 0.724. The minimum atomic E-state index is -2.88. The monoisotopic (exact) mass is 378 g/mol. The van der Waals surface area contributed by atoms with Crippen molar-refractivity contribution in [2.75, 3.05) is 20.8 Å². The Hall–Kier alpha value is -2.67. The van der Waals surface area contributed by atoms with Crippen molar-refractivity contribution in [3.05, 3.63) is 65.7 Å². The van der Waals surface area contributed by atoms with Gasteiger partial charge in [-0.15, -0.1) is 0 Å². The molecule has 2 amide bonds. The molecule has 0 spiro atoms. The first kappa shape index (κ1) is 20.6. The Bertz CT molecular complexity index is 713. The highest BCUT2D eigenvalue weighted by molar-refractivity contribution is 5.74. The summed E-state index contributed by atoms with van der Waals surface area (Å²) in [7, 11) is 3.30. The fourth-order valence-corrected chi connectivity index (χ4v) is 2.69. The molecule has 0 radical (unpaired) electrons. The van der Waals surface area contributed by atoms with Gasteiger partial charge in [0.2, 0.25) is 0 Å². The summed E-state index contributed by atoms with van der Waals surface area (Å²) in [5.74, 6) is 0.0615. The Morgan fingerprint density at radius 3 is 2.48 bits per heavy atom. The number of likely N-dealkylation sites (N-methyl/N-ethyl adjacent to an activating group) is 1. The van der Waals surface area contributed by atoms with Crippen LogP contribution in [0.4, 0.5) is 13.6 Å². The molecule has 0 aliphatic carbocycles. The molecule has 27 heavy (non-hydrogen) atoms. The van der Waals surface area contributed by atoms with E-state index in [-0.39, 0.29) is 24.4 Å². The zero-order chi connectivity index (χ0) is 19.6. The van der Waals surface area contributed by atoms with Gasteiger partial charge in [-0.2, -0.15) is 8.78 Å². The molecular weight excluding hydrogens is 354 g/mol. The number of hydrogen-bond acceptors (Lipinski definition) is 3. The summed E-state index contributed by atoms with van der Waals surface area (Å²) in [4.78, 5) is 14.1. The molecule has 5 nitrogen and oxygen atoms in total. The van der Waals surface area contributed by atoms with E-state index in [1.165, 1.54) is 12.1 Å². The Labute approximate surface area is 157 Å². The van der Waals surface area contributed by atoms with Crippen molar-refractivity contribution < 1.29 is 23.0 Å². The van der Waals surface area contributed by atoms with Crippen molar-refractivity contribution in [1.29, 1.82) is 0 Å². The molecule has 146 valence electrons. The molecule has 0 fully saturated rings. The van der Waals surface area contributed by atoms with Gasteiger partial charge in [-0.3, -0.25) is 0 Å². The Morgan fingerprint density at radius 2 is 1.81 bits per heavy atom. The van der Waals surface area contributed by atoms with Crippen LogP contribution >= 0.6 is 0 Å². The summed E-state index contributed by atoms with van der Waals surface area (Å²) in [6, 6.07) is 15.7. The Balaban J connectivity index is 1.94. The smallest absolute Gasteiger partial charge is 0.387 e. The van der Waals surface area contributed by atoms with Gasteiger partial charge < -0.3 is 19.7 Å². The van der Waals surface area contributed by atoms with E-state index in [1.54, 1.807) is 31.2 Å². The molecule has 1 unspecified atom stereocenters. The van der Waals surface area contributed by atoms with Gasteiger partial charge in [0.1, 0.15) is 5.75 Å². The maximum absolute atomic E-state index is 12.5. The number of amides is 2. The molecule has 0 aliphatic rings. The Morgan fingerprint density at radius 1 is 1.11 bits per heavy atom. The van der Waals surface area contributed by atoms with E-state index >= 15 is 0 Å². The number of benzene rings is 2. The molecule has 0 heterocycles. The van der Waals surface area contributed by atoms with Crippen LogP contribution in [0, 0.1) is 0 Å². The zero-order valence-corrected chi connectivity index (χ0v) is 15.4. The molecule has 2 rings (SSSR count). The standard InChI is InChI=1S/C20H24F2N2O3/c1-24(17(14-26-2)11-15-7-4-3-5-8-15)20(25)23-13-16-9-6-10-18(12-16)27-19(21)22/h3-10,12,17,19H,11,13-14H2,1-2H3,(H,23,25). The van der Waals surface area contributed by atoms with Gasteiger partial charge in [0.25, 0.3) is 0 Å². The third-order valence-electron chi connectivity index (χ3n) is 4.11. The molecule has 2 aromatic rings. The third kappa shape index (κ3) is 6.86. The number of nitrogens with zero attached hydrogens (tertiary/aromatic N) is 1. The van der Waals surface area contributed by atoms with E-state index in [9.17, 15) is 13.6 Å². The van der Waals surface area contributed by atoms with Gasteiger partial charge in [-0.05, 0) is 29.7 Å². The highest BCUT2D eigenvalue weighted by Gasteiger charge is 2.20. The topological polar surface area (TPSA) is 50.8 Å². The average Bonchev–Trinajstić information content (AvgIpc) is 2.66. The lowest BCUT2D eigenvalue weighted by atomic mass is 10.1. The van der Waals surface area contributed by atoms with Crippen molar-refractivity contribution in [1.82, 2.24) is 10.2 Å². The fraction of sp³-hybridized carbons (Fsp3) is 0.350. The van der Waals surface area contributed by atoms with Gasteiger partial charge in [-0.25, -0.2) is 4.79 Å². The molecule has 0 aliphatic heterocycles. The van der Waals surface area contributed by atoms with Gasteiger partial charge in [0, 0.05) is 20.7 Å². The molecule has 7 heteroatoms. The number of urea groups is 1. The summed E-state index contributed by atoms with van der Waals surface area (Å²) in [5, 5.41) is 2.79. The van der Waals surface area contributed by atoms with Crippen LogP contribution in [0.2, 0.25) is 0 Å². The maximum atomic E-state index is 12.5. The van der Waals surface area contributed by atoms with Gasteiger partial charge >= 0.3 is 12.6 Å². The summed E-state index contributed by atoms with van der Waals surface area (Å²) in [6.07, 6.45) is 0.663. The van der Waals surface area contributed by atoms with Gasteiger partial charge in [-0.1, -0.05) is 42.5 Å². The lowest BCUT2D eigenvalue weighted by Gasteiger charge is -2.28. The minimum absolute atomic E-state index is 0.0615. The number of carbonyl (C=O) groups excluding carboxylic acids is 1. The minimum Gasteiger partial charge on any atom is -0.435 e. The summed E-state index contributed by atoms with van der Waals surface area (Å²) in [5.41, 5.74) is 1.78. The third-order valence-corrected chi connectivity index (χ3v) is 4.11. The molecule has 0 saturated heterocycles. The molecule has 1 atom stereocenters. The summed E-state index contributed by atoms with van der Waals surface area (Å²) < 4.78 is 34.2. The van der Waals surface area contributed by atoms with Crippen LogP contribution in [0.3, 0.4) is 0 Å². The van der Waals surface area contributed by atoms with E-state index in [0.717, 1.165) is 5.56 Å². The average molecular weight is 378 g/mol. The van der Waals surface area contributed by atoms with E-state index in [0.29, 0.717) is 18.6 Å². The van der Waals surface area contributed by atoms with E-state index < -0.39 is 6.61 Å². The lowest BCUT2D eigenvalue weighted by molar-refractivity contribution is -0.0498. The van der Waals surface area contributed by atoms with Crippen molar-refractivity contribution >= 4 is 6.03 Å². The van der Waals surface area contributed by atoms with E-state index in [2.05, 4.69) is 10.1 Å². The maximum Gasteiger partial charge on any atom is 0.387 e. The Kier molecular flexibility index (Phi) is 8.00. The van der Waals surface area contributed by atoms with Crippen molar-refractivity contribution in [3.63, 3.8) is 0 Å². The first-order chi connectivity index (χ1) is 13.0. The largest absolute Gasteiger partial charge is 0.435 e. The molecule has 1 N–H and O–H groups in total. The first-order valence-electron chi connectivity index (χ1n) is 8.57.